The van der Waals surface area contributed by atoms with Crippen LogP contribution in [0.5, 0.6) is 0 Å². The van der Waals surface area contributed by atoms with Crippen molar-refractivity contribution in [3.05, 3.63) is 85.2 Å². The zero-order chi connectivity index (χ0) is 26.2. The van der Waals surface area contributed by atoms with Crippen molar-refractivity contribution in [3.63, 3.8) is 0 Å². The number of Topliss-reactive ketones (excluding diaryl/α,β-unsaturated/α-hetero) is 1. The maximum absolute atomic E-state index is 13.9. The Morgan fingerprint density at radius 2 is 2.00 bits per heavy atom. The summed E-state index contributed by atoms with van der Waals surface area (Å²) in [6, 6.07) is 5.66. The van der Waals surface area contributed by atoms with E-state index in [-0.39, 0.29) is 37.4 Å². The van der Waals surface area contributed by atoms with Gasteiger partial charge in [-0.25, -0.2) is 9.47 Å². The van der Waals surface area contributed by atoms with Crippen LogP contribution in [0.4, 0.5) is 5.69 Å². The van der Waals surface area contributed by atoms with Crippen LogP contribution in [0.1, 0.15) is 18.1 Å². The Kier molecular flexibility index (Phi) is 9.84. The molecule has 14 heteroatoms. The number of aliphatic hydroxyl groups is 1. The van der Waals surface area contributed by atoms with Crippen molar-refractivity contribution in [3.8, 4) is 0 Å². The number of nitrogens with zero attached hydrogens (tertiary/aromatic N) is 3. The predicted molar refractivity (Wildman–Crippen MR) is 127 cm³/mol. The summed E-state index contributed by atoms with van der Waals surface area (Å²) in [5, 5.41) is 21.4. The Balaban J connectivity index is 2.41. The molecule has 1 heterocycles. The van der Waals surface area contributed by atoms with E-state index in [2.05, 4.69) is 11.6 Å². The number of aromatic nitrogens is 2. The molecule has 190 valence electrons. The number of aryl methyl sites for hydroxylation is 1. The normalized spacial score (nSPS) is 13.6. The Hall–Kier alpha value is -3.38. The van der Waals surface area contributed by atoms with E-state index in [9.17, 15) is 34.2 Å². The van der Waals surface area contributed by atoms with Gasteiger partial charge in [-0.2, -0.15) is 0 Å². The molecular weight excluding hydrogens is 483 g/mol. The van der Waals surface area contributed by atoms with Crippen LogP contribution < -0.4 is 16.3 Å². The molecule has 0 fully saturated rings. The summed E-state index contributed by atoms with van der Waals surface area (Å²) in [6.45, 7) is 4.78. The zero-order valence-corrected chi connectivity index (χ0v) is 20.2. The molecule has 0 saturated heterocycles. The van der Waals surface area contributed by atoms with Gasteiger partial charge in [0.05, 0.1) is 31.3 Å². The molecule has 2 aromatic rings. The van der Waals surface area contributed by atoms with Crippen molar-refractivity contribution in [2.75, 3.05) is 31.4 Å². The second kappa shape index (κ2) is 12.4. The van der Waals surface area contributed by atoms with Crippen LogP contribution in [0.15, 0.2) is 52.7 Å². The molecule has 0 radical (unpaired) electrons. The molecule has 2 N–H and O–H groups in total. The average molecular weight is 510 g/mol. The van der Waals surface area contributed by atoms with Gasteiger partial charge in [0.15, 0.2) is 5.78 Å². The maximum Gasteiger partial charge on any atom is 0.362 e. The van der Waals surface area contributed by atoms with Crippen molar-refractivity contribution < 1.29 is 28.4 Å². The fourth-order valence-electron chi connectivity index (χ4n) is 3.20. The highest BCUT2D eigenvalue weighted by atomic mass is 31.2. The lowest BCUT2D eigenvalue weighted by atomic mass is 10.1. The number of H-pyrrole nitrogens is 1. The summed E-state index contributed by atoms with van der Waals surface area (Å²) < 4.78 is 25.8. The van der Waals surface area contributed by atoms with Crippen molar-refractivity contribution in [1.29, 1.82) is 0 Å². The third-order valence-corrected chi connectivity index (χ3v) is 7.12. The second-order valence-corrected chi connectivity index (χ2v) is 9.50. The number of aromatic amines is 1. The number of rotatable bonds is 14. The lowest BCUT2D eigenvalue weighted by Crippen LogP contribution is -2.54. The molecule has 1 aromatic heterocycles. The summed E-state index contributed by atoms with van der Waals surface area (Å²) in [7, 11) is -4.33. The van der Waals surface area contributed by atoms with Crippen molar-refractivity contribution in [2.24, 2.45) is 0 Å². The van der Waals surface area contributed by atoms with Crippen LogP contribution in [-0.2, 0) is 24.8 Å². The summed E-state index contributed by atoms with van der Waals surface area (Å²) in [5.41, 5.74) is -0.866. The van der Waals surface area contributed by atoms with E-state index in [1.165, 1.54) is 37.3 Å². The molecule has 2 rings (SSSR count). The fourth-order valence-corrected chi connectivity index (χ4v) is 5.22. The lowest BCUT2D eigenvalue weighted by molar-refractivity contribution is -0.384. The first-order valence-corrected chi connectivity index (χ1v) is 12.1. The van der Waals surface area contributed by atoms with Gasteiger partial charge >= 0.3 is 13.3 Å². The Morgan fingerprint density at radius 1 is 1.34 bits per heavy atom. The topological polar surface area (TPSA) is 174 Å². The van der Waals surface area contributed by atoms with E-state index < -0.39 is 41.9 Å². The van der Waals surface area contributed by atoms with Crippen molar-refractivity contribution in [2.45, 2.75) is 26.1 Å². The predicted octanol–water partition coefficient (Wildman–Crippen LogP) is 1.25. The van der Waals surface area contributed by atoms with Crippen molar-refractivity contribution in [1.82, 2.24) is 9.66 Å². The van der Waals surface area contributed by atoms with Crippen LogP contribution in [0.25, 0.3) is 0 Å². The molecule has 2 unspecified atom stereocenters. The van der Waals surface area contributed by atoms with Crippen LogP contribution >= 0.6 is 7.60 Å². The number of nitro benzene ring substituents is 1. The van der Waals surface area contributed by atoms with Gasteiger partial charge in [-0.15, -0.1) is 6.58 Å². The van der Waals surface area contributed by atoms with Gasteiger partial charge in [-0.1, -0.05) is 18.2 Å². The highest BCUT2D eigenvalue weighted by Crippen LogP contribution is 2.54. The first-order valence-electron chi connectivity index (χ1n) is 10.5. The Labute approximate surface area is 200 Å². The van der Waals surface area contributed by atoms with E-state index in [4.69, 9.17) is 9.05 Å². The summed E-state index contributed by atoms with van der Waals surface area (Å²) in [6.07, 6.45) is 2.64. The molecule has 0 aliphatic rings. The number of ketones is 1. The number of benzene rings is 1. The van der Waals surface area contributed by atoms with E-state index in [0.717, 1.165) is 22.8 Å². The second-order valence-electron chi connectivity index (χ2n) is 7.42. The molecule has 0 amide bonds. The summed E-state index contributed by atoms with van der Waals surface area (Å²) in [5.74, 6) is -2.33. The molecule has 0 aliphatic heterocycles. The molecule has 1 aromatic carbocycles. The SMILES string of the molecule is C=CCOP(=O)(OCCc1ccc([N+](=O)[O-])cc1)C(C(C)=O)N(CCO)n1cc(C)c(=O)[nH]c1=O. The highest BCUT2D eigenvalue weighted by Gasteiger charge is 2.44. The van der Waals surface area contributed by atoms with Gasteiger partial charge in [-0.05, 0) is 25.8 Å². The zero-order valence-electron chi connectivity index (χ0n) is 19.3. The van der Waals surface area contributed by atoms with Gasteiger partial charge in [-0.3, -0.25) is 34.3 Å². The molecule has 0 spiro atoms. The van der Waals surface area contributed by atoms with Crippen LogP contribution in [0.2, 0.25) is 0 Å². The molecule has 2 atom stereocenters. The average Bonchev–Trinajstić information content (AvgIpc) is 2.80. The van der Waals surface area contributed by atoms with Crippen molar-refractivity contribution >= 4 is 19.1 Å². The molecule has 0 aliphatic carbocycles. The molecule has 13 nitrogen and oxygen atoms in total. The Morgan fingerprint density at radius 3 is 2.54 bits per heavy atom. The van der Waals surface area contributed by atoms with Gasteiger partial charge in [0, 0.05) is 23.9 Å². The number of aliphatic hydroxyl groups excluding tert-OH is 1. The largest absolute Gasteiger partial charge is 0.394 e. The first kappa shape index (κ1) is 27.9. The standard InChI is InChI=1S/C21H27N4O9P/c1-4-12-33-35(32,34-13-9-17-5-7-18(8-6-17)25(30)31)20(16(3)27)23(10-11-26)24-14-15(2)19(28)22-21(24)29/h4-8,14,20,26H,1,9-13H2,2-3H3,(H,22,28,29). The number of carbonyl (C=O) groups is 1. The van der Waals surface area contributed by atoms with Crippen LogP contribution in [0, 0.1) is 17.0 Å². The number of hydrogen-bond donors (Lipinski definition) is 2. The van der Waals surface area contributed by atoms with Crippen LogP contribution in [0.3, 0.4) is 0 Å². The first-order chi connectivity index (χ1) is 16.5. The van der Waals surface area contributed by atoms with E-state index >= 15 is 0 Å². The molecule has 0 bridgehead atoms. The minimum Gasteiger partial charge on any atom is -0.394 e. The van der Waals surface area contributed by atoms with Gasteiger partial charge in [0.2, 0.25) is 5.78 Å². The third kappa shape index (κ3) is 7.06. The van der Waals surface area contributed by atoms with E-state index in [1.54, 1.807) is 0 Å². The summed E-state index contributed by atoms with van der Waals surface area (Å²) >= 11 is 0. The molecular formula is C21H27N4O9P. The minimum atomic E-state index is -4.33. The number of carbonyl (C=O) groups excluding carboxylic acids is 1. The van der Waals surface area contributed by atoms with E-state index in [0.29, 0.717) is 5.56 Å². The van der Waals surface area contributed by atoms with Gasteiger partial charge in [0.25, 0.3) is 11.2 Å². The van der Waals surface area contributed by atoms with Crippen LogP contribution in [-0.4, -0.2) is 57.6 Å². The monoisotopic (exact) mass is 510 g/mol. The fraction of sp³-hybridized carbons (Fsp3) is 0.381. The summed E-state index contributed by atoms with van der Waals surface area (Å²) in [4.78, 5) is 49.4. The third-order valence-electron chi connectivity index (χ3n) is 4.84. The Bertz CT molecular complexity index is 1220. The van der Waals surface area contributed by atoms with Gasteiger partial charge in [0.1, 0.15) is 0 Å². The van der Waals surface area contributed by atoms with Gasteiger partial charge < -0.3 is 14.2 Å². The number of nitro groups is 1. The minimum absolute atomic E-state index is 0.0902. The molecule has 0 saturated carbocycles. The maximum atomic E-state index is 13.9. The number of hydrogen-bond acceptors (Lipinski definition) is 10. The smallest absolute Gasteiger partial charge is 0.362 e. The molecule has 35 heavy (non-hydrogen) atoms. The number of nitrogens with one attached hydrogen (secondary N) is 1. The highest BCUT2D eigenvalue weighted by molar-refractivity contribution is 7.55. The van der Waals surface area contributed by atoms with E-state index in [1.807, 2.05) is 0 Å². The number of non-ortho nitro benzene ring substituents is 1. The lowest BCUT2D eigenvalue weighted by Gasteiger charge is -2.35. The quantitative estimate of drug-likeness (QED) is 0.163.